The smallest absolute Gasteiger partial charge is 0.319 e. The Hall–Kier alpha value is -1.63. The third kappa shape index (κ3) is 3.72. The largest absolute Gasteiger partial charge is 0.351 e. The third-order valence-electron chi connectivity index (χ3n) is 3.82. The van der Waals surface area contributed by atoms with Gasteiger partial charge in [0.2, 0.25) is 0 Å². The molecule has 1 aromatic rings. The molecule has 2 N–H and O–H groups in total. The SMILES string of the molecule is CS(=O)(=O)c1ccc(N(CC2CCCC2)C(N)=O)c(F)c1. The molecule has 0 spiro atoms. The van der Waals surface area contributed by atoms with Crippen molar-refractivity contribution in [3.05, 3.63) is 24.0 Å². The molecule has 7 heteroatoms. The predicted molar refractivity (Wildman–Crippen MR) is 78.4 cm³/mol. The average Bonchev–Trinajstić information content (AvgIpc) is 2.88. The van der Waals surface area contributed by atoms with E-state index >= 15 is 0 Å². The van der Waals surface area contributed by atoms with Gasteiger partial charge in [-0.3, -0.25) is 4.90 Å². The van der Waals surface area contributed by atoms with Crippen LogP contribution in [0.4, 0.5) is 14.9 Å². The quantitative estimate of drug-likeness (QED) is 0.926. The number of sulfone groups is 1. The molecule has 0 aliphatic heterocycles. The summed E-state index contributed by atoms with van der Waals surface area (Å²) in [5.74, 6) is -0.443. The summed E-state index contributed by atoms with van der Waals surface area (Å²) >= 11 is 0. The van der Waals surface area contributed by atoms with Crippen molar-refractivity contribution in [3.63, 3.8) is 0 Å². The lowest BCUT2D eigenvalue weighted by Crippen LogP contribution is -2.39. The van der Waals surface area contributed by atoms with Crippen LogP contribution in [0.15, 0.2) is 23.1 Å². The number of urea groups is 1. The minimum absolute atomic E-state index is 0.0294. The van der Waals surface area contributed by atoms with Gasteiger partial charge in [0.25, 0.3) is 0 Å². The molecular weight excluding hydrogens is 295 g/mol. The second kappa shape index (κ2) is 6.01. The first kappa shape index (κ1) is 15.8. The lowest BCUT2D eigenvalue weighted by molar-refractivity contribution is 0.252. The number of hydrogen-bond donors (Lipinski definition) is 1. The molecule has 21 heavy (non-hydrogen) atoms. The van der Waals surface area contributed by atoms with Gasteiger partial charge in [-0.15, -0.1) is 0 Å². The van der Waals surface area contributed by atoms with E-state index in [-0.39, 0.29) is 10.6 Å². The average molecular weight is 314 g/mol. The van der Waals surface area contributed by atoms with Gasteiger partial charge in [0.1, 0.15) is 5.82 Å². The van der Waals surface area contributed by atoms with Gasteiger partial charge in [-0.1, -0.05) is 12.8 Å². The van der Waals surface area contributed by atoms with Crippen LogP contribution in [0.25, 0.3) is 0 Å². The molecule has 2 rings (SSSR count). The van der Waals surface area contributed by atoms with Crippen molar-refractivity contribution in [1.82, 2.24) is 0 Å². The molecule has 0 heterocycles. The number of rotatable bonds is 4. The Balaban J connectivity index is 2.30. The molecule has 5 nitrogen and oxygen atoms in total. The molecule has 2 amide bonds. The van der Waals surface area contributed by atoms with Gasteiger partial charge in [-0.2, -0.15) is 0 Å². The molecule has 0 atom stereocenters. The topological polar surface area (TPSA) is 80.5 Å². The molecule has 0 radical (unpaired) electrons. The maximum Gasteiger partial charge on any atom is 0.319 e. The molecule has 0 bridgehead atoms. The zero-order valence-electron chi connectivity index (χ0n) is 11.9. The zero-order chi connectivity index (χ0) is 15.6. The predicted octanol–water partition coefficient (Wildman–Crippen LogP) is 2.30. The van der Waals surface area contributed by atoms with Crippen LogP contribution in [0.5, 0.6) is 0 Å². The Morgan fingerprint density at radius 3 is 2.48 bits per heavy atom. The minimum atomic E-state index is -3.49. The Kier molecular flexibility index (Phi) is 4.51. The molecular formula is C14H19FN2O3S. The van der Waals surface area contributed by atoms with E-state index in [0.717, 1.165) is 38.0 Å². The molecule has 1 fully saturated rings. The summed E-state index contributed by atoms with van der Waals surface area (Å²) in [4.78, 5) is 12.7. The molecule has 0 aromatic heterocycles. The number of hydrogen-bond acceptors (Lipinski definition) is 3. The van der Waals surface area contributed by atoms with Crippen LogP contribution in [0, 0.1) is 11.7 Å². The first-order valence-electron chi connectivity index (χ1n) is 6.85. The van der Waals surface area contributed by atoms with Gasteiger partial charge in [-0.05, 0) is 37.0 Å². The Morgan fingerprint density at radius 2 is 2.00 bits per heavy atom. The van der Waals surface area contributed by atoms with Gasteiger partial charge < -0.3 is 5.73 Å². The second-order valence-electron chi connectivity index (χ2n) is 5.48. The van der Waals surface area contributed by atoms with Gasteiger partial charge >= 0.3 is 6.03 Å². The van der Waals surface area contributed by atoms with E-state index < -0.39 is 21.7 Å². The van der Waals surface area contributed by atoms with Crippen LogP contribution in [-0.2, 0) is 9.84 Å². The van der Waals surface area contributed by atoms with Crippen LogP contribution in [0.3, 0.4) is 0 Å². The highest BCUT2D eigenvalue weighted by Crippen LogP contribution is 2.29. The van der Waals surface area contributed by atoms with Gasteiger partial charge in [0.05, 0.1) is 10.6 Å². The van der Waals surface area contributed by atoms with Crippen molar-refractivity contribution in [2.75, 3.05) is 17.7 Å². The number of primary amides is 1. The monoisotopic (exact) mass is 314 g/mol. The normalized spacial score (nSPS) is 16.1. The highest BCUT2D eigenvalue weighted by atomic mass is 32.2. The first-order valence-corrected chi connectivity index (χ1v) is 8.75. The number of carbonyl (C=O) groups is 1. The highest BCUT2D eigenvalue weighted by Gasteiger charge is 2.24. The molecule has 0 saturated heterocycles. The Morgan fingerprint density at radius 1 is 1.38 bits per heavy atom. The van der Waals surface area contributed by atoms with Crippen LogP contribution in [-0.4, -0.2) is 27.2 Å². The summed E-state index contributed by atoms with van der Waals surface area (Å²) < 4.78 is 37.0. The lowest BCUT2D eigenvalue weighted by Gasteiger charge is -2.24. The minimum Gasteiger partial charge on any atom is -0.351 e. The third-order valence-corrected chi connectivity index (χ3v) is 4.93. The van der Waals surface area contributed by atoms with Crippen molar-refractivity contribution >= 4 is 21.6 Å². The molecule has 1 saturated carbocycles. The number of benzene rings is 1. The number of carbonyl (C=O) groups excluding carboxylic acids is 1. The molecule has 116 valence electrons. The molecule has 0 unspecified atom stereocenters. The van der Waals surface area contributed by atoms with Crippen molar-refractivity contribution in [2.24, 2.45) is 11.7 Å². The maximum absolute atomic E-state index is 14.2. The van der Waals surface area contributed by atoms with E-state index in [0.29, 0.717) is 12.5 Å². The summed E-state index contributed by atoms with van der Waals surface area (Å²) in [6, 6.07) is 2.78. The maximum atomic E-state index is 14.2. The standard InChI is InChI=1S/C14H19FN2O3S/c1-21(19,20)11-6-7-13(12(15)8-11)17(14(16)18)9-10-4-2-3-5-10/h6-8,10H,2-5,9H2,1H3,(H2,16,18). The first-order chi connectivity index (χ1) is 9.79. The van der Waals surface area contributed by atoms with E-state index in [1.54, 1.807) is 0 Å². The van der Waals surface area contributed by atoms with Gasteiger partial charge in [-0.25, -0.2) is 17.6 Å². The van der Waals surface area contributed by atoms with E-state index in [1.807, 2.05) is 0 Å². The van der Waals surface area contributed by atoms with Crippen LogP contribution in [0.1, 0.15) is 25.7 Å². The van der Waals surface area contributed by atoms with Crippen molar-refractivity contribution < 1.29 is 17.6 Å². The van der Waals surface area contributed by atoms with E-state index in [9.17, 15) is 17.6 Å². The molecule has 1 aliphatic rings. The zero-order valence-corrected chi connectivity index (χ0v) is 12.7. The summed E-state index contributed by atoms with van der Waals surface area (Å²) in [5, 5.41) is 0. The Bertz CT molecular complexity index is 640. The highest BCUT2D eigenvalue weighted by molar-refractivity contribution is 7.90. The van der Waals surface area contributed by atoms with Crippen LogP contribution < -0.4 is 10.6 Å². The fourth-order valence-electron chi connectivity index (χ4n) is 2.70. The van der Waals surface area contributed by atoms with Crippen molar-refractivity contribution in [1.29, 1.82) is 0 Å². The number of anilines is 1. The van der Waals surface area contributed by atoms with Crippen LogP contribution in [0.2, 0.25) is 0 Å². The fourth-order valence-corrected chi connectivity index (χ4v) is 3.33. The summed E-state index contributed by atoms with van der Waals surface area (Å²) in [5.41, 5.74) is 5.37. The van der Waals surface area contributed by atoms with Crippen molar-refractivity contribution in [3.8, 4) is 0 Å². The van der Waals surface area contributed by atoms with E-state index in [4.69, 9.17) is 5.73 Å². The number of nitrogens with zero attached hydrogens (tertiary/aromatic N) is 1. The number of amides is 2. The second-order valence-corrected chi connectivity index (χ2v) is 7.50. The van der Waals surface area contributed by atoms with Crippen LogP contribution >= 0.6 is 0 Å². The van der Waals surface area contributed by atoms with Crippen molar-refractivity contribution in [2.45, 2.75) is 30.6 Å². The summed E-state index contributed by atoms with van der Waals surface area (Å²) in [6.45, 7) is 0.366. The Labute approximate surface area is 123 Å². The van der Waals surface area contributed by atoms with E-state index in [1.165, 1.54) is 17.0 Å². The number of nitrogens with two attached hydrogens (primary N) is 1. The van der Waals surface area contributed by atoms with Gasteiger partial charge in [0.15, 0.2) is 9.84 Å². The summed E-state index contributed by atoms with van der Waals surface area (Å²) in [7, 11) is -3.49. The lowest BCUT2D eigenvalue weighted by atomic mass is 10.1. The molecule has 1 aromatic carbocycles. The van der Waals surface area contributed by atoms with E-state index in [2.05, 4.69) is 0 Å². The number of halogens is 1. The molecule has 1 aliphatic carbocycles. The van der Waals surface area contributed by atoms with Gasteiger partial charge in [0, 0.05) is 12.8 Å². The summed E-state index contributed by atoms with van der Waals surface area (Å²) in [6.07, 6.45) is 5.20. The fraction of sp³-hybridized carbons (Fsp3) is 0.500.